The van der Waals surface area contributed by atoms with Crippen molar-refractivity contribution >= 4 is 11.6 Å². The highest BCUT2D eigenvalue weighted by Gasteiger charge is 2.25. The summed E-state index contributed by atoms with van der Waals surface area (Å²) in [4.78, 5) is 7.26. The summed E-state index contributed by atoms with van der Waals surface area (Å²) in [6, 6.07) is 9.67. The summed E-state index contributed by atoms with van der Waals surface area (Å²) in [5.41, 5.74) is 2.81. The number of guanidine groups is 1. The van der Waals surface area contributed by atoms with Crippen LogP contribution in [0.25, 0.3) is 0 Å². The Labute approximate surface area is 151 Å². The molecule has 138 valence electrons. The van der Waals surface area contributed by atoms with Crippen molar-refractivity contribution in [2.75, 3.05) is 24.5 Å². The van der Waals surface area contributed by atoms with Gasteiger partial charge < -0.3 is 20.6 Å². The molecule has 2 aliphatic rings. The fourth-order valence-corrected chi connectivity index (χ4v) is 3.97. The second-order valence-corrected chi connectivity index (χ2v) is 7.29. The predicted octanol–water partition coefficient (Wildman–Crippen LogP) is 2.30. The van der Waals surface area contributed by atoms with Crippen LogP contribution in [0.4, 0.5) is 5.69 Å². The molecular formula is C20H32N4O. The van der Waals surface area contributed by atoms with Gasteiger partial charge in [-0.2, -0.15) is 0 Å². The highest BCUT2D eigenvalue weighted by atomic mass is 16.3. The van der Waals surface area contributed by atoms with Crippen molar-refractivity contribution in [3.8, 4) is 0 Å². The summed E-state index contributed by atoms with van der Waals surface area (Å²) in [6.07, 6.45) is 4.82. The van der Waals surface area contributed by atoms with Crippen molar-refractivity contribution in [3.05, 3.63) is 29.8 Å². The normalized spacial score (nSPS) is 26.4. The highest BCUT2D eigenvalue weighted by molar-refractivity contribution is 5.80. The third-order valence-electron chi connectivity index (χ3n) is 5.34. The summed E-state index contributed by atoms with van der Waals surface area (Å²) < 4.78 is 0. The van der Waals surface area contributed by atoms with E-state index in [4.69, 9.17) is 4.99 Å². The van der Waals surface area contributed by atoms with Crippen LogP contribution < -0.4 is 15.5 Å². The topological polar surface area (TPSA) is 59.9 Å². The number of nitrogens with zero attached hydrogens (tertiary/aromatic N) is 2. The van der Waals surface area contributed by atoms with Gasteiger partial charge in [0.05, 0.1) is 12.6 Å². The maximum absolute atomic E-state index is 9.65. The average Bonchev–Trinajstić information content (AvgIpc) is 2.93. The maximum Gasteiger partial charge on any atom is 0.191 e. The van der Waals surface area contributed by atoms with Crippen LogP contribution in [0.3, 0.4) is 0 Å². The third kappa shape index (κ3) is 4.66. The highest BCUT2D eigenvalue weighted by Crippen LogP contribution is 2.31. The molecule has 0 spiro atoms. The zero-order valence-corrected chi connectivity index (χ0v) is 15.5. The smallest absolute Gasteiger partial charge is 0.191 e. The summed E-state index contributed by atoms with van der Waals surface area (Å²) in [7, 11) is 0. The molecule has 1 heterocycles. The lowest BCUT2D eigenvalue weighted by atomic mass is 9.93. The molecule has 5 heteroatoms. The van der Waals surface area contributed by atoms with Crippen molar-refractivity contribution in [1.29, 1.82) is 0 Å². The number of anilines is 1. The van der Waals surface area contributed by atoms with E-state index in [0.717, 1.165) is 57.7 Å². The van der Waals surface area contributed by atoms with Crippen molar-refractivity contribution in [1.82, 2.24) is 10.6 Å². The molecule has 1 atom stereocenters. The lowest BCUT2D eigenvalue weighted by molar-refractivity contribution is 0.120. The number of rotatable bonds is 5. The molecule has 0 bridgehead atoms. The molecule has 0 amide bonds. The van der Waals surface area contributed by atoms with Gasteiger partial charge in [-0.1, -0.05) is 18.2 Å². The van der Waals surface area contributed by atoms with E-state index >= 15 is 0 Å². The van der Waals surface area contributed by atoms with Gasteiger partial charge in [0.15, 0.2) is 5.96 Å². The second kappa shape index (κ2) is 8.56. The van der Waals surface area contributed by atoms with Gasteiger partial charge in [0, 0.05) is 30.9 Å². The summed E-state index contributed by atoms with van der Waals surface area (Å²) in [6.45, 7) is 6.98. The van der Waals surface area contributed by atoms with Crippen LogP contribution in [0.2, 0.25) is 0 Å². The first kappa shape index (κ1) is 18.1. The molecule has 1 fully saturated rings. The van der Waals surface area contributed by atoms with Crippen molar-refractivity contribution in [2.24, 2.45) is 4.99 Å². The SMILES string of the molecule is CCNC(=NCCN1c2ccccc2CC1C)NC1CCC(O)CC1. The minimum atomic E-state index is -0.116. The van der Waals surface area contributed by atoms with E-state index in [0.29, 0.717) is 12.1 Å². The van der Waals surface area contributed by atoms with Crippen LogP contribution >= 0.6 is 0 Å². The average molecular weight is 345 g/mol. The Morgan fingerprint density at radius 3 is 2.76 bits per heavy atom. The number of benzene rings is 1. The number of nitrogens with one attached hydrogen (secondary N) is 2. The first-order valence-corrected chi connectivity index (χ1v) is 9.74. The Bertz CT molecular complexity index is 581. The molecule has 5 nitrogen and oxygen atoms in total. The molecule has 0 saturated heterocycles. The molecule has 1 aliphatic heterocycles. The molecule has 0 radical (unpaired) electrons. The van der Waals surface area contributed by atoms with Crippen LogP contribution in [0.15, 0.2) is 29.3 Å². The van der Waals surface area contributed by atoms with Crippen molar-refractivity contribution in [3.63, 3.8) is 0 Å². The van der Waals surface area contributed by atoms with E-state index in [1.54, 1.807) is 0 Å². The third-order valence-corrected chi connectivity index (χ3v) is 5.34. The van der Waals surface area contributed by atoms with Crippen LogP contribution in [-0.2, 0) is 6.42 Å². The van der Waals surface area contributed by atoms with Crippen molar-refractivity contribution < 1.29 is 5.11 Å². The Morgan fingerprint density at radius 1 is 1.24 bits per heavy atom. The number of para-hydroxylation sites is 1. The van der Waals surface area contributed by atoms with Gasteiger partial charge in [0.2, 0.25) is 0 Å². The Balaban J connectivity index is 1.55. The fourth-order valence-electron chi connectivity index (χ4n) is 3.97. The van der Waals surface area contributed by atoms with E-state index in [1.807, 2.05) is 0 Å². The van der Waals surface area contributed by atoms with Gasteiger partial charge in [-0.15, -0.1) is 0 Å². The van der Waals surface area contributed by atoms with Crippen LogP contribution in [-0.4, -0.2) is 48.9 Å². The largest absolute Gasteiger partial charge is 0.393 e. The number of aliphatic hydroxyl groups is 1. The molecule has 3 N–H and O–H groups in total. The van der Waals surface area contributed by atoms with Crippen LogP contribution in [0, 0.1) is 0 Å². The monoisotopic (exact) mass is 344 g/mol. The molecule has 1 aliphatic carbocycles. The Morgan fingerprint density at radius 2 is 2.00 bits per heavy atom. The molecule has 1 unspecified atom stereocenters. The summed E-state index contributed by atoms with van der Waals surface area (Å²) in [5.74, 6) is 0.907. The second-order valence-electron chi connectivity index (χ2n) is 7.29. The van der Waals surface area contributed by atoms with Gasteiger partial charge in [-0.05, 0) is 57.6 Å². The van der Waals surface area contributed by atoms with Gasteiger partial charge in [-0.25, -0.2) is 0 Å². The number of aliphatic hydroxyl groups excluding tert-OH is 1. The van der Waals surface area contributed by atoms with Crippen LogP contribution in [0.1, 0.15) is 45.1 Å². The molecule has 1 aromatic rings. The zero-order chi connectivity index (χ0) is 17.6. The number of aliphatic imine (C=N–C) groups is 1. The molecule has 25 heavy (non-hydrogen) atoms. The minimum absolute atomic E-state index is 0.116. The van der Waals surface area contributed by atoms with E-state index < -0.39 is 0 Å². The van der Waals surface area contributed by atoms with E-state index in [-0.39, 0.29) is 6.10 Å². The summed E-state index contributed by atoms with van der Waals surface area (Å²) in [5, 5.41) is 16.6. The lowest BCUT2D eigenvalue weighted by Crippen LogP contribution is -2.45. The first-order valence-electron chi connectivity index (χ1n) is 9.74. The number of fused-ring (bicyclic) bond motifs is 1. The molecule has 1 saturated carbocycles. The van der Waals surface area contributed by atoms with E-state index in [9.17, 15) is 5.11 Å². The Kier molecular flexibility index (Phi) is 6.19. The molecular weight excluding hydrogens is 312 g/mol. The first-order chi connectivity index (χ1) is 12.2. The van der Waals surface area contributed by atoms with Gasteiger partial charge in [-0.3, -0.25) is 4.99 Å². The molecule has 3 rings (SSSR count). The van der Waals surface area contributed by atoms with Gasteiger partial charge in [0.1, 0.15) is 0 Å². The molecule has 0 aromatic heterocycles. The van der Waals surface area contributed by atoms with Crippen LogP contribution in [0.5, 0.6) is 0 Å². The standard InChI is InChI=1S/C20H32N4O/c1-3-21-20(23-17-8-10-18(25)11-9-17)22-12-13-24-15(2)14-16-6-4-5-7-19(16)24/h4-7,15,17-18,25H,3,8-14H2,1-2H3,(H2,21,22,23). The van der Waals surface area contributed by atoms with E-state index in [1.165, 1.54) is 11.3 Å². The van der Waals surface area contributed by atoms with Gasteiger partial charge in [0.25, 0.3) is 0 Å². The van der Waals surface area contributed by atoms with E-state index in [2.05, 4.69) is 53.6 Å². The molecule has 1 aromatic carbocycles. The zero-order valence-electron chi connectivity index (χ0n) is 15.5. The minimum Gasteiger partial charge on any atom is -0.393 e. The number of hydrogen-bond donors (Lipinski definition) is 3. The quantitative estimate of drug-likeness (QED) is 0.567. The predicted molar refractivity (Wildman–Crippen MR) is 104 cm³/mol. The lowest BCUT2D eigenvalue weighted by Gasteiger charge is -2.28. The Hall–Kier alpha value is -1.75. The van der Waals surface area contributed by atoms with Crippen molar-refractivity contribution in [2.45, 2.75) is 64.1 Å². The number of hydrogen-bond acceptors (Lipinski definition) is 3. The fraction of sp³-hybridized carbons (Fsp3) is 0.650. The maximum atomic E-state index is 9.65. The van der Waals surface area contributed by atoms with Gasteiger partial charge >= 0.3 is 0 Å². The summed E-state index contributed by atoms with van der Waals surface area (Å²) >= 11 is 0.